The molecule has 29 nitrogen and oxygen atoms in total. The van der Waals surface area contributed by atoms with E-state index in [-0.39, 0.29) is 47.0 Å². The standard InChI is InChI=1S/C27H43N4O4PS.C26H47N4O4PS.C20H40N3O4P.C17H35FN3O3P.CH4.2H2/c1-22(2)31(23(3)4)36(35-21-19-28-5)34-20-11-9-8-10-18-29-37(32,33)27-17-13-14-24-25(27)15-12-16-26(24)30(6)7;1-20(2)30(21(3)4)35(34-17-15-27-5)33-16-11-7-6-10-14-28-24(31)13-9-8-12-23-26-22(19-36-23)18-25(32)29-26;1-17(2)23(18(3)4)28(26-16-14-21-8)25-15-12-10-9-11-13-22-19(24)27-20(5,6)7;1-16(2)21(17(3)4)25(24-14-11-19-5)23-13-10-8-7-9-12-20(18)15-22-6;;;/h12-17,22-23,29H,8-11,18-21H2,1-4,6-7H3;20-23,26H,6-19H2,1-4H3,(H,28,31)(H,29,32);17-18H,9-16H2,1-7H3,(H,22,24);16-17H,7-15H2,1-4,6H3;1H4;2*1H. The predicted molar refractivity (Wildman–Crippen MR) is 530 cm³/mol. The number of hydrogen-bond acceptors (Lipinski definition) is 22. The first-order chi connectivity index (χ1) is 59.9. The molecule has 2 aromatic rings. The number of ether oxygens (including phenoxy) is 2. The Morgan fingerprint density at radius 2 is 0.898 bits per heavy atom. The van der Waals surface area contributed by atoms with Gasteiger partial charge < -0.3 is 85.9 Å². The number of benzene rings is 2. The molecule has 0 bridgehead atoms. The van der Waals surface area contributed by atoms with Crippen molar-refractivity contribution < 1.29 is 75.8 Å². The lowest BCUT2D eigenvalue weighted by molar-refractivity contribution is -0.121. The van der Waals surface area contributed by atoms with Crippen LogP contribution in [0.2, 0.25) is 0 Å². The lowest BCUT2D eigenvalue weighted by atomic mass is 9.97. The van der Waals surface area contributed by atoms with Crippen molar-refractivity contribution in [1.82, 2.24) is 44.5 Å². The number of amides is 3. The highest BCUT2D eigenvalue weighted by Crippen LogP contribution is 2.50. The summed E-state index contributed by atoms with van der Waals surface area (Å²) in [5, 5.41) is 11.8. The average molecular weight is 1910 g/mol. The monoisotopic (exact) mass is 1910 g/mol. The maximum absolute atomic E-state index is 13.1. The molecule has 2 fully saturated rings. The third-order valence-corrected chi connectivity index (χ3v) is 31.0. The normalized spacial score (nSPS) is 15.5. The van der Waals surface area contributed by atoms with E-state index in [4.69, 9.17) is 72.0 Å². The Balaban J connectivity index is -0.00000165. The van der Waals surface area contributed by atoms with Gasteiger partial charge in [0, 0.05) is 139 Å². The Morgan fingerprint density at radius 1 is 0.528 bits per heavy atom. The van der Waals surface area contributed by atoms with Crippen molar-refractivity contribution in [3.63, 3.8) is 0 Å². The first kappa shape index (κ1) is 123. The predicted octanol–water partition coefficient (Wildman–Crippen LogP) is 22.3. The van der Waals surface area contributed by atoms with E-state index in [1.165, 1.54) is 7.11 Å². The molecule has 0 aliphatic carbocycles. The Bertz CT molecular complexity index is 3470. The first-order valence-electron chi connectivity index (χ1n) is 45.9. The fraction of sp³-hybridized carbons (Fsp3) is 0.813. The minimum absolute atomic E-state index is 0. The molecule has 0 aromatic heterocycles. The molecule has 4 N–H and O–H groups in total. The second kappa shape index (κ2) is 73.4. The van der Waals surface area contributed by atoms with Gasteiger partial charge in [-0.2, -0.15) is 11.8 Å². The molecule has 2 aliphatic heterocycles. The minimum Gasteiger partial charge on any atom is -0.444 e. The number of sulfonamides is 1. The lowest BCUT2D eigenvalue weighted by Crippen LogP contribution is -2.34. The zero-order valence-electron chi connectivity index (χ0n) is 81.0. The Kier molecular flexibility index (Phi) is 71.1. The molecule has 7 atom stereocenters. The van der Waals surface area contributed by atoms with Crippen LogP contribution < -0.4 is 25.6 Å². The third kappa shape index (κ3) is 55.5. The molecule has 736 valence electrons. The number of hydrogen-bond donors (Lipinski definition) is 4. The van der Waals surface area contributed by atoms with Crippen LogP contribution in [0.15, 0.2) is 41.3 Å². The number of rotatable bonds is 66. The van der Waals surface area contributed by atoms with Crippen molar-refractivity contribution in [3.05, 3.63) is 82.1 Å². The van der Waals surface area contributed by atoms with Crippen molar-refractivity contribution >= 4 is 90.3 Å². The molecule has 7 unspecified atom stereocenters. The van der Waals surface area contributed by atoms with Gasteiger partial charge in [-0.25, -0.2) is 62.9 Å². The number of halogens is 1. The van der Waals surface area contributed by atoms with Crippen LogP contribution in [0.5, 0.6) is 0 Å². The quantitative estimate of drug-likeness (QED) is 0.0158. The van der Waals surface area contributed by atoms with Crippen molar-refractivity contribution in [2.24, 2.45) is 5.92 Å². The summed E-state index contributed by atoms with van der Waals surface area (Å²) in [4.78, 5) is 51.0. The number of methoxy groups -OCH3 is 1. The molecule has 2 heterocycles. The highest BCUT2D eigenvalue weighted by molar-refractivity contribution is 8.00. The van der Waals surface area contributed by atoms with Crippen LogP contribution in [0.25, 0.3) is 30.2 Å². The smallest absolute Gasteiger partial charge is 0.407 e. The maximum atomic E-state index is 13.1. The van der Waals surface area contributed by atoms with Gasteiger partial charge in [-0.1, -0.05) is 89.5 Å². The summed E-state index contributed by atoms with van der Waals surface area (Å²) in [7, 11) is -2.88. The zero-order valence-corrected chi connectivity index (χ0v) is 86.2. The molecule has 3 amide bonds. The lowest BCUT2D eigenvalue weighted by Gasteiger charge is -2.35. The summed E-state index contributed by atoms with van der Waals surface area (Å²) in [5.74, 6) is 1.96. The van der Waals surface area contributed by atoms with Crippen LogP contribution in [-0.4, -0.2) is 254 Å². The number of thioether (sulfide) groups is 1. The molecule has 2 aromatic carbocycles. The fourth-order valence-electron chi connectivity index (χ4n) is 14.0. The highest BCUT2D eigenvalue weighted by Gasteiger charge is 2.43. The topological polar surface area (TPSA) is 263 Å². The van der Waals surface area contributed by atoms with Gasteiger partial charge >= 0.3 is 6.09 Å². The molecule has 0 saturated carbocycles. The third-order valence-electron chi connectivity index (χ3n) is 19.5. The Morgan fingerprint density at radius 3 is 1.28 bits per heavy atom. The second-order valence-electron chi connectivity index (χ2n) is 34.5. The summed E-state index contributed by atoms with van der Waals surface area (Å²) in [5.41, 5.74) is 0.526. The molecule has 2 saturated heterocycles. The van der Waals surface area contributed by atoms with E-state index in [1.807, 2.05) is 75.8 Å². The van der Waals surface area contributed by atoms with Crippen LogP contribution in [0.3, 0.4) is 0 Å². The molecule has 2 aliphatic rings. The van der Waals surface area contributed by atoms with Crippen molar-refractivity contribution in [2.45, 2.75) is 344 Å². The Hall–Kier alpha value is -3.98. The molecular weight excluding hydrogens is 1740 g/mol. The van der Waals surface area contributed by atoms with Gasteiger partial charge in [0.05, 0.1) is 31.3 Å². The van der Waals surface area contributed by atoms with Gasteiger partial charge in [0.1, 0.15) is 38.8 Å². The van der Waals surface area contributed by atoms with Crippen LogP contribution in [0.1, 0.15) is 277 Å². The van der Waals surface area contributed by atoms with E-state index in [0.29, 0.717) is 175 Å². The maximum Gasteiger partial charge on any atom is 0.407 e. The molecule has 4 rings (SSSR count). The number of nitrogens with zero attached hydrogens (tertiary/aromatic N) is 10. The summed E-state index contributed by atoms with van der Waals surface area (Å²) in [6.07, 6.45) is 19.1. The molecule has 36 heteroatoms. The van der Waals surface area contributed by atoms with Crippen LogP contribution in [0, 0.1) is 32.2 Å². The van der Waals surface area contributed by atoms with Crippen molar-refractivity contribution in [2.75, 3.05) is 144 Å². The fourth-order valence-corrected chi connectivity index (χ4v) is 23.4. The number of unbranched alkanes of at least 4 members (excludes halogenated alkanes) is 13. The minimum atomic E-state index is -3.61. The van der Waals surface area contributed by atoms with Crippen LogP contribution in [-0.2, 0) is 65.3 Å². The van der Waals surface area contributed by atoms with Gasteiger partial charge in [-0.15, -0.1) is 9.60 Å². The SMILES string of the molecule is C.[C-]#[N+]CCOP(OCCCCCCN(F)COC)N(C(C)C)C(C)C.[C-]#[N+]CCOP(OCCCCCCNC(=O)CCCCC1SCC2CC(=O)NC21)N(C(C)C)C(C)C.[C-]#[N+]CCOP(OCCCCCCNC(=O)OC(C)(C)C)N(C(C)C)C(C)C.[C-]#[N+]CCOP(OCCCCCCNS(=O)(=O)c1cccc2c(N(C)C)cccc12)N(C(C)C)C(C)C.[HH].[HH]. The van der Waals surface area contributed by atoms with Gasteiger partial charge in [0.15, 0.2) is 0 Å². The van der Waals surface area contributed by atoms with Crippen LogP contribution in [0.4, 0.5) is 15.0 Å². The number of carbonyl (C=O) groups excluding carboxylic acids is 3. The molecule has 0 spiro atoms. The summed E-state index contributed by atoms with van der Waals surface area (Å²) < 4.78 is 109. The first-order valence-corrected chi connectivity index (χ1v) is 52.9. The van der Waals surface area contributed by atoms with E-state index in [9.17, 15) is 27.3 Å². The highest BCUT2D eigenvalue weighted by atomic mass is 32.2. The number of carbonyl (C=O) groups is 3. The molecule has 127 heavy (non-hydrogen) atoms. The van der Waals surface area contributed by atoms with Crippen molar-refractivity contribution in [3.8, 4) is 0 Å². The number of anilines is 1. The van der Waals surface area contributed by atoms with E-state index in [1.54, 1.807) is 12.1 Å². The number of nitrogens with one attached hydrogen (secondary N) is 4. The molecule has 0 radical (unpaired) electrons. The van der Waals surface area contributed by atoms with Gasteiger partial charge in [-0.3, -0.25) is 9.59 Å². The van der Waals surface area contributed by atoms with Gasteiger partial charge in [0.25, 0.3) is 34.1 Å². The van der Waals surface area contributed by atoms with E-state index in [0.717, 1.165) is 151 Å². The number of alkyl carbamates (subject to hydrolysis) is 1. The summed E-state index contributed by atoms with van der Waals surface area (Å²) in [6, 6.07) is 14.0. The van der Waals surface area contributed by atoms with Crippen LogP contribution >= 0.6 is 45.9 Å². The Labute approximate surface area is 781 Å². The van der Waals surface area contributed by atoms with Gasteiger partial charge in [-0.05, 0) is 220 Å². The van der Waals surface area contributed by atoms with E-state index < -0.39 is 49.7 Å². The zero-order chi connectivity index (χ0) is 94.4. The number of fused-ring (bicyclic) bond motifs is 2. The van der Waals surface area contributed by atoms with E-state index in [2.05, 4.69) is 170 Å². The van der Waals surface area contributed by atoms with Gasteiger partial charge in [0.2, 0.25) is 48.0 Å². The largest absolute Gasteiger partial charge is 0.444 e. The average Bonchev–Trinajstić information content (AvgIpc) is 1.41. The van der Waals surface area contributed by atoms with Crippen molar-refractivity contribution in [1.29, 1.82) is 0 Å². The summed E-state index contributed by atoms with van der Waals surface area (Å²) >= 11 is 1.99. The summed E-state index contributed by atoms with van der Waals surface area (Å²) in [6.45, 7) is 75.0. The molecular formula is C91H173FN14O15P4S2. The second-order valence-corrected chi connectivity index (χ2v) is 43.4. The van der Waals surface area contributed by atoms with E-state index >= 15 is 0 Å².